The fraction of sp³-hybridized carbons (Fsp3) is 0.188. The van der Waals surface area contributed by atoms with Crippen molar-refractivity contribution in [3.8, 4) is 0 Å². The van der Waals surface area contributed by atoms with Gasteiger partial charge < -0.3 is 16.0 Å². The van der Waals surface area contributed by atoms with Crippen molar-refractivity contribution in [2.24, 2.45) is 0 Å². The van der Waals surface area contributed by atoms with Crippen molar-refractivity contribution in [1.82, 2.24) is 0 Å². The number of nitrogens with zero attached hydrogens (tertiary/aromatic N) is 1. The van der Waals surface area contributed by atoms with Crippen LogP contribution in [0.5, 0.6) is 0 Å². The lowest BCUT2D eigenvalue weighted by molar-refractivity contribution is 0.102. The summed E-state index contributed by atoms with van der Waals surface area (Å²) < 4.78 is 0. The van der Waals surface area contributed by atoms with E-state index in [4.69, 9.17) is 5.73 Å². The maximum Gasteiger partial charge on any atom is 0.258 e. The van der Waals surface area contributed by atoms with E-state index in [1.54, 1.807) is 6.07 Å². The lowest BCUT2D eigenvalue weighted by atomic mass is 10.1. The molecule has 0 saturated carbocycles. The number of carbonyl (C=O) groups excluding carboxylic acids is 1. The molecule has 0 aliphatic heterocycles. The number of nitrogens with two attached hydrogens (primary N) is 1. The Kier molecular flexibility index (Phi) is 3.94. The van der Waals surface area contributed by atoms with Gasteiger partial charge in [-0.05, 0) is 42.8 Å². The van der Waals surface area contributed by atoms with Gasteiger partial charge in [0.1, 0.15) is 0 Å². The van der Waals surface area contributed by atoms with Crippen molar-refractivity contribution in [3.63, 3.8) is 0 Å². The van der Waals surface area contributed by atoms with Crippen LogP contribution in [0.3, 0.4) is 0 Å². The summed E-state index contributed by atoms with van der Waals surface area (Å²) >= 11 is 0. The zero-order chi connectivity index (χ0) is 14.7. The monoisotopic (exact) mass is 269 g/mol. The number of amides is 1. The Labute approximate surface area is 119 Å². The minimum atomic E-state index is -0.182. The fourth-order valence-electron chi connectivity index (χ4n) is 2.04. The maximum atomic E-state index is 12.3. The second kappa shape index (κ2) is 5.65. The van der Waals surface area contributed by atoms with E-state index in [0.717, 1.165) is 16.9 Å². The molecule has 104 valence electrons. The third kappa shape index (κ3) is 2.91. The van der Waals surface area contributed by atoms with Gasteiger partial charge in [-0.25, -0.2) is 0 Å². The maximum absolute atomic E-state index is 12.3. The first kappa shape index (κ1) is 13.9. The van der Waals surface area contributed by atoms with E-state index < -0.39 is 0 Å². The van der Waals surface area contributed by atoms with Gasteiger partial charge in [0.2, 0.25) is 0 Å². The Balaban J connectivity index is 2.19. The number of nitrogens with one attached hydrogen (secondary N) is 1. The van der Waals surface area contributed by atoms with E-state index in [0.29, 0.717) is 11.3 Å². The molecule has 0 radical (unpaired) electrons. The van der Waals surface area contributed by atoms with E-state index in [-0.39, 0.29) is 5.91 Å². The number of anilines is 3. The first-order valence-electron chi connectivity index (χ1n) is 6.43. The lowest BCUT2D eigenvalue weighted by Gasteiger charge is -2.14. The van der Waals surface area contributed by atoms with Crippen LogP contribution in [-0.2, 0) is 0 Å². The van der Waals surface area contributed by atoms with Crippen molar-refractivity contribution in [3.05, 3.63) is 53.6 Å². The van der Waals surface area contributed by atoms with E-state index >= 15 is 0 Å². The number of benzene rings is 2. The number of hydrogen-bond donors (Lipinski definition) is 2. The summed E-state index contributed by atoms with van der Waals surface area (Å²) in [5, 5.41) is 2.87. The Bertz CT molecular complexity index is 598. The molecule has 4 nitrogen and oxygen atoms in total. The predicted octanol–water partition coefficient (Wildman–Crippen LogP) is 2.90. The smallest absolute Gasteiger partial charge is 0.258 e. The minimum absolute atomic E-state index is 0.182. The summed E-state index contributed by atoms with van der Waals surface area (Å²) in [5.74, 6) is -0.182. The molecule has 0 saturated heterocycles. The van der Waals surface area contributed by atoms with Crippen molar-refractivity contribution < 1.29 is 4.79 Å². The van der Waals surface area contributed by atoms with Gasteiger partial charge in [-0.1, -0.05) is 12.1 Å². The lowest BCUT2D eigenvalue weighted by Crippen LogP contribution is -2.15. The molecule has 0 aromatic heterocycles. The Morgan fingerprint density at radius 3 is 2.30 bits per heavy atom. The molecular formula is C16H19N3O. The molecule has 0 heterocycles. The molecule has 0 aliphatic rings. The summed E-state index contributed by atoms with van der Waals surface area (Å²) in [6.45, 7) is 1.88. The van der Waals surface area contributed by atoms with Crippen molar-refractivity contribution in [2.45, 2.75) is 6.92 Å². The van der Waals surface area contributed by atoms with E-state index in [2.05, 4.69) is 5.32 Å². The molecule has 0 atom stereocenters. The number of nitrogen functional groups attached to an aromatic ring is 1. The van der Waals surface area contributed by atoms with Crippen LogP contribution in [0.25, 0.3) is 0 Å². The zero-order valence-electron chi connectivity index (χ0n) is 12.0. The van der Waals surface area contributed by atoms with Gasteiger partial charge in [-0.3, -0.25) is 4.79 Å². The summed E-state index contributed by atoms with van der Waals surface area (Å²) in [4.78, 5) is 14.3. The summed E-state index contributed by atoms with van der Waals surface area (Å²) in [5.41, 5.74) is 9.60. The molecule has 2 aromatic rings. The zero-order valence-corrected chi connectivity index (χ0v) is 12.0. The Morgan fingerprint density at radius 1 is 1.10 bits per heavy atom. The average molecular weight is 269 g/mol. The van der Waals surface area contributed by atoms with Crippen LogP contribution in [0.2, 0.25) is 0 Å². The minimum Gasteiger partial charge on any atom is -0.398 e. The largest absolute Gasteiger partial charge is 0.398 e. The van der Waals surface area contributed by atoms with Crippen molar-refractivity contribution in [1.29, 1.82) is 0 Å². The first-order valence-corrected chi connectivity index (χ1v) is 6.43. The summed E-state index contributed by atoms with van der Waals surface area (Å²) in [6.07, 6.45) is 0. The molecular weight excluding hydrogens is 250 g/mol. The SMILES string of the molecule is Cc1cccc(N)c1C(=O)Nc1ccc(N(C)C)cc1. The molecule has 0 fully saturated rings. The second-order valence-corrected chi connectivity index (χ2v) is 4.93. The fourth-order valence-corrected chi connectivity index (χ4v) is 2.04. The summed E-state index contributed by atoms with van der Waals surface area (Å²) in [7, 11) is 3.95. The Hall–Kier alpha value is -2.49. The molecule has 20 heavy (non-hydrogen) atoms. The highest BCUT2D eigenvalue weighted by atomic mass is 16.1. The van der Waals surface area contributed by atoms with Crippen LogP contribution in [-0.4, -0.2) is 20.0 Å². The molecule has 2 aromatic carbocycles. The normalized spacial score (nSPS) is 10.2. The number of aryl methyl sites for hydroxylation is 1. The first-order chi connectivity index (χ1) is 9.49. The molecule has 1 amide bonds. The van der Waals surface area contributed by atoms with Crippen LogP contribution in [0.4, 0.5) is 17.1 Å². The third-order valence-electron chi connectivity index (χ3n) is 3.17. The Morgan fingerprint density at radius 2 is 1.75 bits per heavy atom. The van der Waals surface area contributed by atoms with Gasteiger partial charge in [0.25, 0.3) is 5.91 Å². The molecule has 0 spiro atoms. The number of rotatable bonds is 3. The van der Waals surface area contributed by atoms with Gasteiger partial charge in [-0.2, -0.15) is 0 Å². The van der Waals surface area contributed by atoms with Crippen LogP contribution in [0.15, 0.2) is 42.5 Å². The summed E-state index contributed by atoms with van der Waals surface area (Å²) in [6, 6.07) is 13.1. The second-order valence-electron chi connectivity index (χ2n) is 4.93. The number of carbonyl (C=O) groups is 1. The molecule has 4 heteroatoms. The van der Waals surface area contributed by atoms with Gasteiger partial charge >= 0.3 is 0 Å². The van der Waals surface area contributed by atoms with Crippen LogP contribution >= 0.6 is 0 Å². The van der Waals surface area contributed by atoms with Gasteiger partial charge in [0.05, 0.1) is 5.56 Å². The third-order valence-corrected chi connectivity index (χ3v) is 3.17. The molecule has 0 aliphatic carbocycles. The highest BCUT2D eigenvalue weighted by Crippen LogP contribution is 2.20. The van der Waals surface area contributed by atoms with Crippen LogP contribution in [0.1, 0.15) is 15.9 Å². The molecule has 0 bridgehead atoms. The van der Waals surface area contributed by atoms with E-state index in [1.165, 1.54) is 0 Å². The predicted molar refractivity (Wildman–Crippen MR) is 84.3 cm³/mol. The highest BCUT2D eigenvalue weighted by molar-refractivity contribution is 6.08. The molecule has 2 rings (SSSR count). The van der Waals surface area contributed by atoms with Gasteiger partial charge in [-0.15, -0.1) is 0 Å². The van der Waals surface area contributed by atoms with Gasteiger partial charge in [0.15, 0.2) is 0 Å². The highest BCUT2D eigenvalue weighted by Gasteiger charge is 2.12. The van der Waals surface area contributed by atoms with Crippen LogP contribution in [0, 0.1) is 6.92 Å². The van der Waals surface area contributed by atoms with E-state index in [1.807, 2.05) is 62.3 Å². The number of hydrogen-bond acceptors (Lipinski definition) is 3. The molecule has 0 unspecified atom stereocenters. The topological polar surface area (TPSA) is 58.4 Å². The van der Waals surface area contributed by atoms with Crippen molar-refractivity contribution in [2.75, 3.05) is 30.0 Å². The van der Waals surface area contributed by atoms with E-state index in [9.17, 15) is 4.79 Å². The standard InChI is InChI=1S/C16H19N3O/c1-11-5-4-6-14(17)15(11)16(20)18-12-7-9-13(10-8-12)19(2)3/h4-10H,17H2,1-3H3,(H,18,20). The molecule has 3 N–H and O–H groups in total. The van der Waals surface area contributed by atoms with Crippen LogP contribution < -0.4 is 16.0 Å². The van der Waals surface area contributed by atoms with Gasteiger partial charge in [0, 0.05) is 31.2 Å². The average Bonchev–Trinajstić information content (AvgIpc) is 2.39. The quantitative estimate of drug-likeness (QED) is 0.842. The van der Waals surface area contributed by atoms with Crippen molar-refractivity contribution >= 4 is 23.0 Å².